The lowest BCUT2D eigenvalue weighted by atomic mass is 10.1. The second-order valence-corrected chi connectivity index (χ2v) is 6.32. The van der Waals surface area contributed by atoms with Gasteiger partial charge in [-0.25, -0.2) is 0 Å². The summed E-state index contributed by atoms with van der Waals surface area (Å²) < 4.78 is 32.5. The molecule has 0 saturated heterocycles. The molecular weight excluding hydrogens is 529 g/mol. The Morgan fingerprint density at radius 1 is 0.688 bits per heavy atom. The zero-order valence-electron chi connectivity index (χ0n) is 19.5. The van der Waals surface area contributed by atoms with Crippen LogP contribution in [-0.4, -0.2) is 55.7 Å². The number of nitrogens with zero attached hydrogens (tertiary/aromatic N) is 1. The van der Waals surface area contributed by atoms with Crippen LogP contribution < -0.4 is 39.1 Å². The fourth-order valence-corrected chi connectivity index (χ4v) is 3.07. The van der Waals surface area contributed by atoms with Crippen LogP contribution in [0.1, 0.15) is 11.1 Å². The van der Waals surface area contributed by atoms with Crippen LogP contribution in [0.15, 0.2) is 29.3 Å². The highest BCUT2D eigenvalue weighted by Crippen LogP contribution is 2.38. The Morgan fingerprint density at radius 2 is 1.19 bits per heavy atom. The summed E-state index contributed by atoms with van der Waals surface area (Å²) in [5.74, 6) is 4.31. The average Bonchev–Trinajstić information content (AvgIpc) is 2.82. The van der Waals surface area contributed by atoms with Gasteiger partial charge >= 0.3 is 0 Å². The van der Waals surface area contributed by atoms with E-state index in [2.05, 4.69) is 15.6 Å². The minimum atomic E-state index is 0. The van der Waals surface area contributed by atoms with Crippen molar-refractivity contribution < 1.29 is 28.4 Å². The van der Waals surface area contributed by atoms with Crippen molar-refractivity contribution in [1.82, 2.24) is 10.6 Å². The number of methoxy groups -OCH3 is 6. The number of guanidine groups is 1. The molecule has 0 spiro atoms. The van der Waals surface area contributed by atoms with Crippen LogP contribution in [-0.2, 0) is 13.1 Å². The van der Waals surface area contributed by atoms with Crippen LogP contribution in [0, 0.1) is 0 Å². The monoisotopic (exact) mass is 561 g/mol. The molecule has 0 amide bonds. The van der Waals surface area contributed by atoms with E-state index in [0.29, 0.717) is 53.5 Å². The molecule has 0 heterocycles. The van der Waals surface area contributed by atoms with Crippen molar-refractivity contribution >= 4 is 29.9 Å². The van der Waals surface area contributed by atoms with Gasteiger partial charge in [0.15, 0.2) is 17.5 Å². The van der Waals surface area contributed by atoms with Crippen molar-refractivity contribution in [2.24, 2.45) is 4.99 Å². The van der Waals surface area contributed by atoms with Gasteiger partial charge in [-0.1, -0.05) is 0 Å². The zero-order chi connectivity index (χ0) is 22.8. The van der Waals surface area contributed by atoms with Gasteiger partial charge in [-0.2, -0.15) is 0 Å². The summed E-state index contributed by atoms with van der Waals surface area (Å²) in [6, 6.07) is 7.39. The first kappa shape index (κ1) is 27.3. The number of ether oxygens (including phenoxy) is 6. The van der Waals surface area contributed by atoms with Gasteiger partial charge in [0.05, 0.1) is 54.8 Å². The van der Waals surface area contributed by atoms with Crippen LogP contribution in [0.4, 0.5) is 0 Å². The molecule has 0 aromatic heterocycles. The van der Waals surface area contributed by atoms with E-state index >= 15 is 0 Å². The predicted octanol–water partition coefficient (Wildman–Crippen LogP) is 3.22. The molecule has 0 fully saturated rings. The first-order valence-corrected chi connectivity index (χ1v) is 9.57. The normalized spacial score (nSPS) is 10.5. The van der Waals surface area contributed by atoms with Crippen molar-refractivity contribution in [2.75, 3.05) is 49.7 Å². The number of hydrogen-bond acceptors (Lipinski definition) is 7. The summed E-state index contributed by atoms with van der Waals surface area (Å²) in [6.45, 7) is 0.929. The number of benzene rings is 2. The summed E-state index contributed by atoms with van der Waals surface area (Å²) in [4.78, 5) is 4.28. The zero-order valence-corrected chi connectivity index (χ0v) is 21.9. The Hall–Kier alpha value is -2.76. The van der Waals surface area contributed by atoms with Gasteiger partial charge < -0.3 is 39.1 Å². The smallest absolute Gasteiger partial charge is 0.203 e. The molecule has 0 aliphatic heterocycles. The highest BCUT2D eigenvalue weighted by atomic mass is 127. The molecule has 2 N–H and O–H groups in total. The third-order valence-electron chi connectivity index (χ3n) is 4.66. The molecule has 10 heteroatoms. The molecule has 0 unspecified atom stereocenters. The van der Waals surface area contributed by atoms with E-state index in [-0.39, 0.29) is 24.0 Å². The second-order valence-electron chi connectivity index (χ2n) is 6.32. The quantitative estimate of drug-likeness (QED) is 0.260. The van der Waals surface area contributed by atoms with Gasteiger partial charge in [-0.3, -0.25) is 4.99 Å². The van der Waals surface area contributed by atoms with Crippen LogP contribution in [0.5, 0.6) is 34.5 Å². The number of rotatable bonds is 10. The molecule has 0 aliphatic rings. The van der Waals surface area contributed by atoms with E-state index in [0.717, 1.165) is 11.1 Å². The third kappa shape index (κ3) is 6.62. The van der Waals surface area contributed by atoms with Crippen LogP contribution >= 0.6 is 24.0 Å². The SMILES string of the molecule is CN=C(NCc1cc(OC)c(OC)c(OC)c1)NCc1c(OC)cc(OC)cc1OC.I. The second kappa shape index (κ2) is 13.6. The van der Waals surface area contributed by atoms with Crippen LogP contribution in [0.3, 0.4) is 0 Å². The lowest BCUT2D eigenvalue weighted by molar-refractivity contribution is 0.323. The molecule has 0 bridgehead atoms. The van der Waals surface area contributed by atoms with Gasteiger partial charge in [0.2, 0.25) is 5.75 Å². The van der Waals surface area contributed by atoms with Gasteiger partial charge in [-0.05, 0) is 17.7 Å². The topological polar surface area (TPSA) is 91.8 Å². The van der Waals surface area contributed by atoms with E-state index in [1.165, 1.54) is 0 Å². The lowest BCUT2D eigenvalue weighted by Crippen LogP contribution is -2.36. The predicted molar refractivity (Wildman–Crippen MR) is 135 cm³/mol. The number of aliphatic imine (C=N–C) groups is 1. The summed E-state index contributed by atoms with van der Waals surface area (Å²) in [5, 5.41) is 6.55. The minimum Gasteiger partial charge on any atom is -0.496 e. The molecule has 9 nitrogen and oxygen atoms in total. The lowest BCUT2D eigenvalue weighted by Gasteiger charge is -2.18. The Balaban J connectivity index is 0.00000512. The third-order valence-corrected chi connectivity index (χ3v) is 4.66. The minimum absolute atomic E-state index is 0. The van der Waals surface area contributed by atoms with E-state index in [9.17, 15) is 0 Å². The van der Waals surface area contributed by atoms with Gasteiger partial charge in [0.1, 0.15) is 17.2 Å². The molecular formula is C22H32IN3O6. The van der Waals surface area contributed by atoms with E-state index < -0.39 is 0 Å². The first-order valence-electron chi connectivity index (χ1n) is 9.57. The molecule has 32 heavy (non-hydrogen) atoms. The summed E-state index contributed by atoms with van der Waals surface area (Å²) >= 11 is 0. The molecule has 2 rings (SSSR count). The van der Waals surface area contributed by atoms with Crippen molar-refractivity contribution in [3.63, 3.8) is 0 Å². The Morgan fingerprint density at radius 3 is 1.59 bits per heavy atom. The maximum Gasteiger partial charge on any atom is 0.203 e. The highest BCUT2D eigenvalue weighted by molar-refractivity contribution is 14.0. The fourth-order valence-electron chi connectivity index (χ4n) is 3.07. The molecule has 178 valence electrons. The van der Waals surface area contributed by atoms with Crippen LogP contribution in [0.2, 0.25) is 0 Å². The molecule has 0 saturated carbocycles. The molecule has 0 radical (unpaired) electrons. The number of halogens is 1. The number of nitrogens with one attached hydrogen (secondary N) is 2. The van der Waals surface area contributed by atoms with Gasteiger partial charge in [0.25, 0.3) is 0 Å². The fraction of sp³-hybridized carbons (Fsp3) is 0.409. The van der Waals surface area contributed by atoms with Crippen molar-refractivity contribution in [2.45, 2.75) is 13.1 Å². The summed E-state index contributed by atoms with van der Waals surface area (Å²) in [5.41, 5.74) is 1.79. The maximum absolute atomic E-state index is 5.50. The number of hydrogen-bond donors (Lipinski definition) is 2. The Bertz CT molecular complexity index is 857. The highest BCUT2D eigenvalue weighted by Gasteiger charge is 2.15. The maximum atomic E-state index is 5.50. The largest absolute Gasteiger partial charge is 0.496 e. The van der Waals surface area contributed by atoms with Crippen molar-refractivity contribution in [1.29, 1.82) is 0 Å². The standard InChI is InChI=1S/C22H31N3O6.HI/c1-23-22(24-12-14-8-19(29-5)21(31-7)20(9-14)30-6)25-13-16-17(27-3)10-15(26-2)11-18(16)28-4;/h8-11H,12-13H2,1-7H3,(H2,23,24,25);1H. The van der Waals surface area contributed by atoms with Crippen molar-refractivity contribution in [3.8, 4) is 34.5 Å². The van der Waals surface area contributed by atoms with Crippen molar-refractivity contribution in [3.05, 3.63) is 35.4 Å². The summed E-state index contributed by atoms with van der Waals surface area (Å²) in [6.07, 6.45) is 0. The summed E-state index contributed by atoms with van der Waals surface area (Å²) in [7, 11) is 11.3. The molecule has 0 atom stereocenters. The van der Waals surface area contributed by atoms with Gasteiger partial charge in [-0.15, -0.1) is 24.0 Å². The first-order chi connectivity index (χ1) is 15.0. The van der Waals surface area contributed by atoms with Crippen LogP contribution in [0.25, 0.3) is 0 Å². The average molecular weight is 561 g/mol. The Kier molecular flexibility index (Phi) is 11.6. The molecule has 2 aromatic rings. The van der Waals surface area contributed by atoms with E-state index in [4.69, 9.17) is 28.4 Å². The van der Waals surface area contributed by atoms with Gasteiger partial charge in [0, 0.05) is 25.7 Å². The molecule has 2 aromatic carbocycles. The Labute approximate surface area is 206 Å². The molecule has 0 aliphatic carbocycles. The van der Waals surface area contributed by atoms with E-state index in [1.54, 1.807) is 49.7 Å². The van der Waals surface area contributed by atoms with E-state index in [1.807, 2.05) is 24.3 Å².